The molecule has 0 saturated heterocycles. The number of aliphatic hydroxyl groups is 2. The molecule has 0 aliphatic heterocycles. The molecule has 7 nitrogen and oxygen atoms in total. The van der Waals surface area contributed by atoms with Crippen molar-refractivity contribution in [2.75, 3.05) is 12.3 Å². The molecule has 0 spiro atoms. The highest BCUT2D eigenvalue weighted by Gasteiger charge is 2.64. The van der Waals surface area contributed by atoms with Crippen molar-refractivity contribution in [3.8, 4) is 0 Å². The fourth-order valence-electron chi connectivity index (χ4n) is 10.2. The van der Waals surface area contributed by atoms with Crippen LogP contribution in [0.1, 0.15) is 92.4 Å². The molecule has 4 aliphatic rings. The molecule has 4 saturated carbocycles. The van der Waals surface area contributed by atoms with Crippen molar-refractivity contribution in [2.24, 2.45) is 58.2 Å². The van der Waals surface area contributed by atoms with E-state index in [0.29, 0.717) is 35.5 Å². The van der Waals surface area contributed by atoms with Crippen LogP contribution in [-0.4, -0.2) is 53.6 Å². The van der Waals surface area contributed by atoms with Gasteiger partial charge in [0.2, 0.25) is 5.91 Å². The largest absolute Gasteiger partial charge is 0.393 e. The maximum atomic E-state index is 12.6. The van der Waals surface area contributed by atoms with Gasteiger partial charge in [0.1, 0.15) is 0 Å². The third-order valence-electron chi connectivity index (χ3n) is 12.0. The molecule has 8 heteroatoms. The van der Waals surface area contributed by atoms with Gasteiger partial charge in [0.05, 0.1) is 18.0 Å². The van der Waals surface area contributed by atoms with E-state index in [2.05, 4.69) is 33.0 Å². The van der Waals surface area contributed by atoms with Crippen LogP contribution in [0.2, 0.25) is 0 Å². The normalized spacial score (nSPS) is 45.3. The Morgan fingerprint density at radius 1 is 1.00 bits per heavy atom. The van der Waals surface area contributed by atoms with E-state index in [9.17, 15) is 23.4 Å². The number of hydrogen-bond donors (Lipinski definition) is 4. The van der Waals surface area contributed by atoms with Gasteiger partial charge < -0.3 is 15.5 Å². The lowest BCUT2D eigenvalue weighted by atomic mass is 9.41. The van der Waals surface area contributed by atoms with Crippen molar-refractivity contribution in [3.63, 3.8) is 0 Å². The second-order valence-corrected chi connectivity index (χ2v) is 15.4. The smallest absolute Gasteiger partial charge is 0.266 e. The lowest BCUT2D eigenvalue weighted by Gasteiger charge is -2.64. The Kier molecular flexibility index (Phi) is 8.47. The molecule has 3 unspecified atom stereocenters. The predicted molar refractivity (Wildman–Crippen MR) is 144 cm³/mol. The molecule has 0 heterocycles. The molecule has 0 radical (unpaired) electrons. The summed E-state index contributed by atoms with van der Waals surface area (Å²) in [4.78, 5) is 12.6. The molecule has 0 aromatic rings. The van der Waals surface area contributed by atoms with Gasteiger partial charge in [-0.25, -0.2) is 0 Å². The summed E-state index contributed by atoms with van der Waals surface area (Å²) in [6.07, 6.45) is 8.54. The molecule has 0 aromatic carbocycles. The highest BCUT2D eigenvalue weighted by Crippen LogP contribution is 2.69. The van der Waals surface area contributed by atoms with E-state index in [4.69, 9.17) is 4.55 Å². The molecular formula is C29H51NO6S. The minimum atomic E-state index is -4.09. The predicted octanol–water partition coefficient (Wildman–Crippen LogP) is 4.28. The molecule has 4 fully saturated rings. The summed E-state index contributed by atoms with van der Waals surface area (Å²) in [7, 11) is -4.09. The van der Waals surface area contributed by atoms with Crippen LogP contribution in [0.15, 0.2) is 0 Å². The molecule has 12 atom stereocenters. The van der Waals surface area contributed by atoms with Crippen LogP contribution in [0.4, 0.5) is 0 Å². The van der Waals surface area contributed by atoms with E-state index in [1.165, 1.54) is 0 Å². The van der Waals surface area contributed by atoms with Crippen molar-refractivity contribution in [1.82, 2.24) is 5.32 Å². The molecule has 1 amide bonds. The van der Waals surface area contributed by atoms with E-state index in [-0.39, 0.29) is 47.3 Å². The number of rotatable bonds is 8. The zero-order valence-electron chi connectivity index (χ0n) is 23.5. The van der Waals surface area contributed by atoms with Crippen molar-refractivity contribution >= 4 is 16.0 Å². The summed E-state index contributed by atoms with van der Waals surface area (Å²) in [5, 5.41) is 25.0. The van der Waals surface area contributed by atoms with Gasteiger partial charge in [-0.2, -0.15) is 8.42 Å². The first-order chi connectivity index (χ1) is 17.2. The fourth-order valence-corrected chi connectivity index (χ4v) is 10.6. The second kappa shape index (κ2) is 10.7. The average Bonchev–Trinajstić information content (AvgIpc) is 3.16. The highest BCUT2D eigenvalue weighted by molar-refractivity contribution is 7.85. The zero-order valence-corrected chi connectivity index (χ0v) is 24.3. The van der Waals surface area contributed by atoms with Crippen LogP contribution < -0.4 is 5.32 Å². The first kappa shape index (κ1) is 29.3. The summed E-state index contributed by atoms with van der Waals surface area (Å²) in [5.74, 6) is 1.98. The Bertz CT molecular complexity index is 941. The van der Waals surface area contributed by atoms with Gasteiger partial charge in [-0.05, 0) is 104 Å². The highest BCUT2D eigenvalue weighted by atomic mass is 32.2. The quantitative estimate of drug-likeness (QED) is 0.340. The number of amides is 1. The number of carbonyl (C=O) groups is 1. The van der Waals surface area contributed by atoms with Crippen LogP contribution in [0.5, 0.6) is 0 Å². The van der Waals surface area contributed by atoms with E-state index < -0.39 is 15.9 Å². The molecular weight excluding hydrogens is 490 g/mol. The summed E-state index contributed by atoms with van der Waals surface area (Å²) < 4.78 is 30.8. The van der Waals surface area contributed by atoms with Gasteiger partial charge in [-0.1, -0.05) is 41.0 Å². The van der Waals surface area contributed by atoms with Crippen molar-refractivity contribution in [1.29, 1.82) is 0 Å². The fraction of sp³-hybridized carbons (Fsp3) is 0.966. The summed E-state index contributed by atoms with van der Waals surface area (Å²) in [6, 6.07) is 0. The Morgan fingerprint density at radius 3 is 2.30 bits per heavy atom. The zero-order chi connectivity index (χ0) is 27.3. The van der Waals surface area contributed by atoms with Crippen molar-refractivity contribution in [2.45, 2.75) is 105 Å². The summed E-state index contributed by atoms with van der Waals surface area (Å²) >= 11 is 0. The lowest BCUT2D eigenvalue weighted by Crippen LogP contribution is -2.62. The van der Waals surface area contributed by atoms with E-state index in [0.717, 1.165) is 57.8 Å². The third kappa shape index (κ3) is 5.38. The standard InChI is InChI=1S/C29H51NO6S/c1-6-20-24-16-19(31)9-11-29(24,5)23-10-12-28(4)21(7-8-22(28)25(23)26(20)32)17(2)15-18(3)27(33)30-13-14-37(34,35)36/h17-26,31-32H,6-16H2,1-5H3,(H,30,33)(H,34,35,36)/t17-,18+,19+,20+,21+,22?,23?,24-,25?,26+,28+,29+/m0/s1. The second-order valence-electron chi connectivity index (χ2n) is 13.8. The number of nitrogens with one attached hydrogen (secondary N) is 1. The first-order valence-corrected chi connectivity index (χ1v) is 16.4. The maximum Gasteiger partial charge on any atom is 0.266 e. The number of carbonyl (C=O) groups excluding carboxylic acids is 1. The number of fused-ring (bicyclic) bond motifs is 5. The topological polar surface area (TPSA) is 124 Å². The minimum Gasteiger partial charge on any atom is -0.393 e. The number of aliphatic hydroxyl groups excluding tert-OH is 2. The van der Waals surface area contributed by atoms with Crippen LogP contribution in [0.3, 0.4) is 0 Å². The Labute approximate surface area is 224 Å². The van der Waals surface area contributed by atoms with Gasteiger partial charge in [0.15, 0.2) is 0 Å². The van der Waals surface area contributed by atoms with E-state index >= 15 is 0 Å². The molecule has 4 N–H and O–H groups in total. The molecule has 0 bridgehead atoms. The minimum absolute atomic E-state index is 0.0735. The Morgan fingerprint density at radius 2 is 1.65 bits per heavy atom. The van der Waals surface area contributed by atoms with Crippen molar-refractivity contribution < 1.29 is 28.0 Å². The molecule has 4 aliphatic carbocycles. The van der Waals surface area contributed by atoms with Gasteiger partial charge in [-0.15, -0.1) is 0 Å². The Balaban J connectivity index is 1.47. The molecule has 37 heavy (non-hydrogen) atoms. The number of hydrogen-bond acceptors (Lipinski definition) is 5. The van der Waals surface area contributed by atoms with Crippen LogP contribution in [0, 0.1) is 58.2 Å². The molecule has 4 rings (SSSR count). The van der Waals surface area contributed by atoms with Gasteiger partial charge in [0, 0.05) is 12.5 Å². The Hall–Kier alpha value is -0.700. The maximum absolute atomic E-state index is 12.6. The lowest BCUT2D eigenvalue weighted by molar-refractivity contribution is -0.203. The summed E-state index contributed by atoms with van der Waals surface area (Å²) in [6.45, 7) is 11.2. The SMILES string of the molecule is CC[C@H]1[C@@H](O)C2C3CC[C@H]([C@@H](C)C[C@@H](C)C(=O)NCCS(=O)(=O)O)[C@@]3(C)CCC2[C@@]2(C)CC[C@@H](O)C[C@@H]12. The van der Waals surface area contributed by atoms with Gasteiger partial charge in [0.25, 0.3) is 10.1 Å². The molecule has 0 aromatic heterocycles. The van der Waals surface area contributed by atoms with E-state index in [1.807, 2.05) is 6.92 Å². The van der Waals surface area contributed by atoms with Crippen molar-refractivity contribution in [3.05, 3.63) is 0 Å². The summed E-state index contributed by atoms with van der Waals surface area (Å²) in [5.41, 5.74) is 0.349. The van der Waals surface area contributed by atoms with Gasteiger partial charge >= 0.3 is 0 Å². The third-order valence-corrected chi connectivity index (χ3v) is 12.7. The first-order valence-electron chi connectivity index (χ1n) is 14.8. The van der Waals surface area contributed by atoms with Crippen LogP contribution in [0.25, 0.3) is 0 Å². The molecule has 214 valence electrons. The van der Waals surface area contributed by atoms with Crippen LogP contribution in [-0.2, 0) is 14.9 Å². The average molecular weight is 542 g/mol. The monoisotopic (exact) mass is 541 g/mol. The van der Waals surface area contributed by atoms with Gasteiger partial charge in [-0.3, -0.25) is 9.35 Å². The van der Waals surface area contributed by atoms with Crippen LogP contribution >= 0.6 is 0 Å². The van der Waals surface area contributed by atoms with E-state index in [1.54, 1.807) is 0 Å².